The van der Waals surface area contributed by atoms with Gasteiger partial charge in [0, 0.05) is 6.54 Å². The summed E-state index contributed by atoms with van der Waals surface area (Å²) in [4.78, 5) is 16.8. The van der Waals surface area contributed by atoms with E-state index >= 15 is 0 Å². The predicted molar refractivity (Wildman–Crippen MR) is 82.1 cm³/mol. The number of carbonyl (C=O) groups excluding carboxylic acids is 1. The van der Waals surface area contributed by atoms with Crippen LogP contribution < -0.4 is 5.32 Å². The molecule has 0 aliphatic heterocycles. The number of rotatable bonds is 4. The number of aromatic nitrogens is 2. The molecule has 0 saturated heterocycles. The molecule has 1 heterocycles. The Balaban J connectivity index is 2.63. The molecule has 108 valence electrons. The predicted octanol–water partition coefficient (Wildman–Crippen LogP) is 3.34. The molecule has 0 saturated carbocycles. The van der Waals surface area contributed by atoms with Crippen molar-refractivity contribution in [3.05, 3.63) is 29.6 Å². The first kappa shape index (κ1) is 14.9. The Morgan fingerprint density at radius 3 is 2.75 bits per heavy atom. The summed E-state index contributed by atoms with van der Waals surface area (Å²) in [5.41, 5.74) is 2.94. The second-order valence-corrected chi connectivity index (χ2v) is 5.62. The third kappa shape index (κ3) is 2.52. The highest BCUT2D eigenvalue weighted by Crippen LogP contribution is 2.29. The molecule has 1 aromatic carbocycles. The van der Waals surface area contributed by atoms with Gasteiger partial charge in [-0.15, -0.1) is 11.6 Å². The van der Waals surface area contributed by atoms with Crippen LogP contribution in [0.3, 0.4) is 0 Å². The number of halogens is 1. The lowest BCUT2D eigenvalue weighted by Crippen LogP contribution is -2.31. The van der Waals surface area contributed by atoms with E-state index in [0.29, 0.717) is 6.54 Å². The zero-order valence-corrected chi connectivity index (χ0v) is 13.0. The second kappa shape index (κ2) is 5.83. The first-order valence-electron chi connectivity index (χ1n) is 6.86. The number of hydrogen-bond acceptors (Lipinski definition) is 2. The van der Waals surface area contributed by atoms with Crippen LogP contribution in [0.5, 0.6) is 0 Å². The Morgan fingerprint density at radius 1 is 1.45 bits per heavy atom. The van der Waals surface area contributed by atoms with Crippen LogP contribution in [0.4, 0.5) is 0 Å². The molecule has 1 aromatic heterocycles. The molecule has 0 bridgehead atoms. The Hall–Kier alpha value is -1.55. The Bertz CT molecular complexity index is 633. The van der Waals surface area contributed by atoms with Crippen molar-refractivity contribution in [1.29, 1.82) is 0 Å². The van der Waals surface area contributed by atoms with Gasteiger partial charge in [0.05, 0.1) is 16.4 Å². The fourth-order valence-corrected chi connectivity index (χ4v) is 2.56. The number of nitrogens with zero attached hydrogens (tertiary/aromatic N) is 2. The number of imidazole rings is 1. The Morgan fingerprint density at radius 2 is 2.15 bits per heavy atom. The van der Waals surface area contributed by atoms with Crippen LogP contribution in [-0.2, 0) is 4.79 Å². The summed E-state index contributed by atoms with van der Waals surface area (Å²) in [5, 5.41) is 2.60. The first-order chi connectivity index (χ1) is 9.47. The molecule has 0 spiro atoms. The molecular weight excluding hydrogens is 274 g/mol. The van der Waals surface area contributed by atoms with E-state index in [1.807, 2.05) is 50.5 Å². The number of likely N-dealkylation sites (N-methyl/N-ethyl adjacent to an activating group) is 1. The largest absolute Gasteiger partial charge is 0.355 e. The van der Waals surface area contributed by atoms with E-state index in [-0.39, 0.29) is 17.3 Å². The zero-order chi connectivity index (χ0) is 14.9. The van der Waals surface area contributed by atoms with E-state index in [9.17, 15) is 4.79 Å². The lowest BCUT2D eigenvalue weighted by Gasteiger charge is -2.17. The van der Waals surface area contributed by atoms with Gasteiger partial charge in [0.15, 0.2) is 0 Å². The molecule has 0 fully saturated rings. The molecule has 2 unspecified atom stereocenters. The first-order valence-corrected chi connectivity index (χ1v) is 7.30. The molecule has 5 heteroatoms. The van der Waals surface area contributed by atoms with Crippen LogP contribution in [0.15, 0.2) is 18.2 Å². The zero-order valence-electron chi connectivity index (χ0n) is 12.3. The van der Waals surface area contributed by atoms with Crippen LogP contribution >= 0.6 is 11.6 Å². The van der Waals surface area contributed by atoms with Crippen LogP contribution in [0, 0.1) is 6.92 Å². The number of alkyl halides is 1. The van der Waals surface area contributed by atoms with Crippen molar-refractivity contribution < 1.29 is 4.79 Å². The van der Waals surface area contributed by atoms with E-state index in [1.54, 1.807) is 0 Å². The molecule has 0 radical (unpaired) electrons. The summed E-state index contributed by atoms with van der Waals surface area (Å²) in [7, 11) is 0. The monoisotopic (exact) mass is 293 g/mol. The third-order valence-corrected chi connectivity index (χ3v) is 3.62. The summed E-state index contributed by atoms with van der Waals surface area (Å²) in [6.45, 7) is 8.28. The standard InChI is InChI=1S/C15H20ClN3O/c1-5-17-15(20)11(4)19-12-8-6-7-9(2)13(12)18-14(19)10(3)16/h6-8,10-11H,5H2,1-4H3,(H,17,20). The fraction of sp³-hybridized carbons (Fsp3) is 0.467. The molecule has 0 aliphatic carbocycles. The van der Waals surface area contributed by atoms with Gasteiger partial charge < -0.3 is 9.88 Å². The van der Waals surface area contributed by atoms with Gasteiger partial charge in [0.1, 0.15) is 11.9 Å². The Labute approximate surface area is 124 Å². The van der Waals surface area contributed by atoms with Gasteiger partial charge in [-0.1, -0.05) is 12.1 Å². The van der Waals surface area contributed by atoms with E-state index in [1.165, 1.54) is 0 Å². The maximum atomic E-state index is 12.1. The van der Waals surface area contributed by atoms with Gasteiger partial charge in [-0.3, -0.25) is 4.79 Å². The minimum Gasteiger partial charge on any atom is -0.355 e. The van der Waals surface area contributed by atoms with Crippen molar-refractivity contribution in [2.45, 2.75) is 39.1 Å². The van der Waals surface area contributed by atoms with Gasteiger partial charge in [0.25, 0.3) is 0 Å². The SMILES string of the molecule is CCNC(=O)C(C)n1c(C(C)Cl)nc2c(C)cccc21. The summed E-state index contributed by atoms with van der Waals surface area (Å²) < 4.78 is 1.94. The van der Waals surface area contributed by atoms with Gasteiger partial charge in [-0.2, -0.15) is 0 Å². The highest BCUT2D eigenvalue weighted by molar-refractivity contribution is 6.20. The lowest BCUT2D eigenvalue weighted by molar-refractivity contribution is -0.123. The summed E-state index contributed by atoms with van der Waals surface area (Å²) in [5.74, 6) is 0.710. The maximum Gasteiger partial charge on any atom is 0.242 e. The topological polar surface area (TPSA) is 46.9 Å². The van der Waals surface area contributed by atoms with Crippen molar-refractivity contribution in [3.63, 3.8) is 0 Å². The van der Waals surface area contributed by atoms with Crippen molar-refractivity contribution >= 4 is 28.5 Å². The van der Waals surface area contributed by atoms with Gasteiger partial charge in [-0.05, 0) is 39.3 Å². The van der Waals surface area contributed by atoms with Gasteiger partial charge in [0.2, 0.25) is 5.91 Å². The van der Waals surface area contributed by atoms with Crippen molar-refractivity contribution in [2.75, 3.05) is 6.54 Å². The molecule has 0 aliphatic rings. The van der Waals surface area contributed by atoms with E-state index < -0.39 is 0 Å². The summed E-state index contributed by atoms with van der Waals surface area (Å²) >= 11 is 6.24. The van der Waals surface area contributed by atoms with Crippen LogP contribution in [-0.4, -0.2) is 22.0 Å². The quantitative estimate of drug-likeness (QED) is 0.879. The molecule has 4 nitrogen and oxygen atoms in total. The highest BCUT2D eigenvalue weighted by Gasteiger charge is 2.23. The Kier molecular flexibility index (Phi) is 4.33. The van der Waals surface area contributed by atoms with E-state index in [0.717, 1.165) is 22.4 Å². The number of amides is 1. The maximum absolute atomic E-state index is 12.1. The summed E-state index contributed by atoms with van der Waals surface area (Å²) in [6, 6.07) is 5.63. The molecule has 20 heavy (non-hydrogen) atoms. The number of aryl methyl sites for hydroxylation is 1. The van der Waals surface area contributed by atoms with Crippen molar-refractivity contribution in [3.8, 4) is 0 Å². The summed E-state index contributed by atoms with van der Waals surface area (Å²) in [6.07, 6.45) is 0. The van der Waals surface area contributed by atoms with Crippen LogP contribution in [0.1, 0.15) is 43.6 Å². The van der Waals surface area contributed by atoms with Gasteiger partial charge in [-0.25, -0.2) is 4.98 Å². The van der Waals surface area contributed by atoms with Crippen LogP contribution in [0.2, 0.25) is 0 Å². The van der Waals surface area contributed by atoms with E-state index in [4.69, 9.17) is 11.6 Å². The van der Waals surface area contributed by atoms with Gasteiger partial charge >= 0.3 is 0 Å². The van der Waals surface area contributed by atoms with Crippen molar-refractivity contribution in [1.82, 2.24) is 14.9 Å². The average molecular weight is 294 g/mol. The molecule has 1 N–H and O–H groups in total. The highest BCUT2D eigenvalue weighted by atomic mass is 35.5. The molecule has 2 rings (SSSR count). The number of benzene rings is 1. The number of para-hydroxylation sites is 1. The second-order valence-electron chi connectivity index (χ2n) is 4.97. The average Bonchev–Trinajstić information content (AvgIpc) is 2.79. The van der Waals surface area contributed by atoms with E-state index in [2.05, 4.69) is 10.3 Å². The third-order valence-electron chi connectivity index (χ3n) is 3.42. The minimum absolute atomic E-state index is 0.0214. The number of fused-ring (bicyclic) bond motifs is 1. The molecule has 1 amide bonds. The number of carbonyl (C=O) groups is 1. The molecule has 2 aromatic rings. The number of hydrogen-bond donors (Lipinski definition) is 1. The van der Waals surface area contributed by atoms with Crippen molar-refractivity contribution in [2.24, 2.45) is 0 Å². The normalized spacial score (nSPS) is 14.2. The fourth-order valence-electron chi connectivity index (χ4n) is 2.40. The number of nitrogens with one attached hydrogen (secondary N) is 1. The molecular formula is C15H20ClN3O. The van der Waals surface area contributed by atoms with Crippen LogP contribution in [0.25, 0.3) is 11.0 Å². The lowest BCUT2D eigenvalue weighted by atomic mass is 10.2. The minimum atomic E-state index is -0.335. The smallest absolute Gasteiger partial charge is 0.242 e. The molecule has 2 atom stereocenters.